The molecule has 0 aromatic heterocycles. The number of hydrogen-bond acceptors (Lipinski definition) is 3. The third-order valence-corrected chi connectivity index (χ3v) is 4.08. The molecule has 1 aromatic carbocycles. The molecule has 1 aliphatic rings. The first-order valence-electron chi connectivity index (χ1n) is 7.77. The summed E-state index contributed by atoms with van der Waals surface area (Å²) >= 11 is 0. The SMILES string of the molecule is CC1CCC(NCC(O)COCc2ccccc2)CC1. The minimum absolute atomic E-state index is 0.394. The summed E-state index contributed by atoms with van der Waals surface area (Å²) in [5.41, 5.74) is 1.15. The van der Waals surface area contributed by atoms with Gasteiger partial charge in [-0.15, -0.1) is 0 Å². The van der Waals surface area contributed by atoms with Crippen LogP contribution in [0.1, 0.15) is 38.2 Å². The van der Waals surface area contributed by atoms with Gasteiger partial charge in [-0.25, -0.2) is 0 Å². The fourth-order valence-electron chi connectivity index (χ4n) is 2.71. The monoisotopic (exact) mass is 277 g/mol. The molecule has 0 bridgehead atoms. The number of ether oxygens (including phenoxy) is 1. The minimum Gasteiger partial charge on any atom is -0.389 e. The Kier molecular flexibility index (Phi) is 6.51. The van der Waals surface area contributed by atoms with Gasteiger partial charge in [0.1, 0.15) is 0 Å². The van der Waals surface area contributed by atoms with E-state index < -0.39 is 6.10 Å². The second kappa shape index (κ2) is 8.40. The van der Waals surface area contributed by atoms with Gasteiger partial charge in [-0.05, 0) is 37.2 Å². The summed E-state index contributed by atoms with van der Waals surface area (Å²) in [6.45, 7) is 3.92. The van der Waals surface area contributed by atoms with Crippen LogP contribution in [-0.4, -0.2) is 30.4 Å². The normalized spacial score (nSPS) is 24.5. The molecule has 0 aliphatic heterocycles. The third kappa shape index (κ3) is 5.61. The van der Waals surface area contributed by atoms with Crippen molar-refractivity contribution in [3.05, 3.63) is 35.9 Å². The highest BCUT2D eigenvalue weighted by Crippen LogP contribution is 2.23. The van der Waals surface area contributed by atoms with E-state index in [0.29, 0.717) is 25.8 Å². The lowest BCUT2D eigenvalue weighted by Gasteiger charge is -2.27. The standard InChI is InChI=1S/C17H27NO2/c1-14-7-9-16(10-8-14)18-11-17(19)13-20-12-15-5-3-2-4-6-15/h2-6,14,16-19H,7-13H2,1H3. The molecule has 0 radical (unpaired) electrons. The summed E-state index contributed by atoms with van der Waals surface area (Å²) < 4.78 is 5.55. The zero-order chi connectivity index (χ0) is 14.2. The Labute approximate surface area is 122 Å². The van der Waals surface area contributed by atoms with Crippen LogP contribution in [0.3, 0.4) is 0 Å². The number of nitrogens with one attached hydrogen (secondary N) is 1. The van der Waals surface area contributed by atoms with Gasteiger partial charge in [0.15, 0.2) is 0 Å². The number of rotatable bonds is 7. The van der Waals surface area contributed by atoms with E-state index in [9.17, 15) is 5.11 Å². The highest BCUT2D eigenvalue weighted by atomic mass is 16.5. The molecule has 1 unspecified atom stereocenters. The van der Waals surface area contributed by atoms with Crippen LogP contribution in [0.5, 0.6) is 0 Å². The maximum Gasteiger partial charge on any atom is 0.0897 e. The average molecular weight is 277 g/mol. The molecule has 1 saturated carbocycles. The molecule has 1 aromatic rings. The second-order valence-electron chi connectivity index (χ2n) is 6.02. The highest BCUT2D eigenvalue weighted by Gasteiger charge is 2.18. The molecule has 20 heavy (non-hydrogen) atoms. The molecule has 112 valence electrons. The summed E-state index contributed by atoms with van der Waals surface area (Å²) in [5.74, 6) is 0.868. The van der Waals surface area contributed by atoms with Crippen LogP contribution in [0.4, 0.5) is 0 Å². The van der Waals surface area contributed by atoms with Gasteiger partial charge < -0.3 is 15.2 Å². The van der Waals surface area contributed by atoms with Crippen molar-refractivity contribution in [2.75, 3.05) is 13.2 Å². The van der Waals surface area contributed by atoms with Crippen LogP contribution in [0.2, 0.25) is 0 Å². The molecule has 3 nitrogen and oxygen atoms in total. The average Bonchev–Trinajstić information content (AvgIpc) is 2.48. The van der Waals surface area contributed by atoms with Crippen LogP contribution >= 0.6 is 0 Å². The number of hydrogen-bond donors (Lipinski definition) is 2. The van der Waals surface area contributed by atoms with Gasteiger partial charge in [-0.2, -0.15) is 0 Å². The van der Waals surface area contributed by atoms with E-state index in [0.717, 1.165) is 11.5 Å². The Morgan fingerprint density at radius 1 is 1.20 bits per heavy atom. The van der Waals surface area contributed by atoms with Crippen LogP contribution in [0.15, 0.2) is 30.3 Å². The molecule has 3 heteroatoms. The number of aliphatic hydroxyl groups is 1. The van der Waals surface area contributed by atoms with Crippen molar-refractivity contribution in [2.45, 2.75) is 51.4 Å². The molecule has 0 spiro atoms. The predicted octanol–water partition coefficient (Wildman–Crippen LogP) is 2.73. The first kappa shape index (κ1) is 15.5. The van der Waals surface area contributed by atoms with Crippen molar-refractivity contribution in [1.82, 2.24) is 5.32 Å². The molecular weight excluding hydrogens is 250 g/mol. The van der Waals surface area contributed by atoms with Gasteiger partial charge >= 0.3 is 0 Å². The Morgan fingerprint density at radius 3 is 2.60 bits per heavy atom. The summed E-state index contributed by atoms with van der Waals surface area (Å²) in [6, 6.07) is 10.6. The minimum atomic E-state index is -0.418. The van der Waals surface area contributed by atoms with Crippen molar-refractivity contribution in [3.8, 4) is 0 Å². The number of benzene rings is 1. The van der Waals surface area contributed by atoms with Gasteiger partial charge in [-0.1, -0.05) is 37.3 Å². The summed E-state index contributed by atoms with van der Waals surface area (Å²) in [7, 11) is 0. The quantitative estimate of drug-likeness (QED) is 0.805. The first-order chi connectivity index (χ1) is 9.74. The zero-order valence-electron chi connectivity index (χ0n) is 12.4. The maximum absolute atomic E-state index is 9.92. The topological polar surface area (TPSA) is 41.5 Å². The third-order valence-electron chi connectivity index (χ3n) is 4.08. The Morgan fingerprint density at radius 2 is 1.90 bits per heavy atom. The highest BCUT2D eigenvalue weighted by molar-refractivity contribution is 5.13. The molecule has 1 aliphatic carbocycles. The van der Waals surface area contributed by atoms with Gasteiger partial charge in [0.25, 0.3) is 0 Å². The second-order valence-corrected chi connectivity index (χ2v) is 6.02. The Bertz CT molecular complexity index is 361. The zero-order valence-corrected chi connectivity index (χ0v) is 12.4. The molecule has 0 heterocycles. The molecule has 1 fully saturated rings. The van der Waals surface area contributed by atoms with E-state index in [1.165, 1.54) is 25.7 Å². The first-order valence-corrected chi connectivity index (χ1v) is 7.77. The van der Waals surface area contributed by atoms with E-state index in [-0.39, 0.29) is 0 Å². The fraction of sp³-hybridized carbons (Fsp3) is 0.647. The van der Waals surface area contributed by atoms with Crippen molar-refractivity contribution >= 4 is 0 Å². The van der Waals surface area contributed by atoms with Gasteiger partial charge in [0, 0.05) is 12.6 Å². The van der Waals surface area contributed by atoms with E-state index in [1.807, 2.05) is 30.3 Å². The predicted molar refractivity (Wildman–Crippen MR) is 81.5 cm³/mol. The lowest BCUT2D eigenvalue weighted by atomic mass is 9.87. The van der Waals surface area contributed by atoms with Crippen LogP contribution < -0.4 is 5.32 Å². The van der Waals surface area contributed by atoms with E-state index in [2.05, 4.69) is 12.2 Å². The van der Waals surface area contributed by atoms with Crippen LogP contribution in [0, 0.1) is 5.92 Å². The molecule has 2 N–H and O–H groups in total. The van der Waals surface area contributed by atoms with Gasteiger partial charge in [0.05, 0.1) is 19.3 Å². The Balaban J connectivity index is 1.55. The summed E-state index contributed by atoms with van der Waals surface area (Å²) in [5, 5.41) is 13.4. The molecule has 0 amide bonds. The van der Waals surface area contributed by atoms with E-state index >= 15 is 0 Å². The maximum atomic E-state index is 9.92. The lowest BCUT2D eigenvalue weighted by Crippen LogP contribution is -2.39. The van der Waals surface area contributed by atoms with Crippen LogP contribution in [-0.2, 0) is 11.3 Å². The molecule has 1 atom stereocenters. The van der Waals surface area contributed by atoms with E-state index in [4.69, 9.17) is 4.74 Å². The largest absolute Gasteiger partial charge is 0.389 e. The van der Waals surface area contributed by atoms with Crippen molar-refractivity contribution in [1.29, 1.82) is 0 Å². The Hall–Kier alpha value is -0.900. The van der Waals surface area contributed by atoms with Crippen molar-refractivity contribution in [3.63, 3.8) is 0 Å². The van der Waals surface area contributed by atoms with Crippen molar-refractivity contribution in [2.24, 2.45) is 5.92 Å². The van der Waals surface area contributed by atoms with Crippen LogP contribution in [0.25, 0.3) is 0 Å². The van der Waals surface area contributed by atoms with Gasteiger partial charge in [0.2, 0.25) is 0 Å². The summed E-state index contributed by atoms with van der Waals surface area (Å²) in [6.07, 6.45) is 4.66. The summed E-state index contributed by atoms with van der Waals surface area (Å²) in [4.78, 5) is 0. The fourth-order valence-corrected chi connectivity index (χ4v) is 2.71. The number of aliphatic hydroxyl groups excluding tert-OH is 1. The molecule has 0 saturated heterocycles. The van der Waals surface area contributed by atoms with Crippen molar-refractivity contribution < 1.29 is 9.84 Å². The molecule has 2 rings (SSSR count). The smallest absolute Gasteiger partial charge is 0.0897 e. The van der Waals surface area contributed by atoms with E-state index in [1.54, 1.807) is 0 Å². The molecular formula is C17H27NO2. The lowest BCUT2D eigenvalue weighted by molar-refractivity contribution is 0.0268. The van der Waals surface area contributed by atoms with Gasteiger partial charge in [-0.3, -0.25) is 0 Å².